The normalized spacial score (nSPS) is 14.1. The fourth-order valence-electron chi connectivity index (χ4n) is 6.60. The van der Waals surface area contributed by atoms with Gasteiger partial charge in [0, 0.05) is 0 Å². The molecule has 39 heavy (non-hydrogen) atoms. The van der Waals surface area contributed by atoms with Crippen molar-refractivity contribution in [2.45, 2.75) is 226 Å². The van der Waals surface area contributed by atoms with Crippen LogP contribution in [-0.2, 0) is 0 Å². The lowest BCUT2D eigenvalue weighted by molar-refractivity contribution is -0.629. The van der Waals surface area contributed by atoms with Crippen LogP contribution in [0.4, 0.5) is 0 Å². The summed E-state index contributed by atoms with van der Waals surface area (Å²) < 4.78 is 0. The summed E-state index contributed by atoms with van der Waals surface area (Å²) in [6, 6.07) is 0.315. The Kier molecular flexibility index (Phi) is 32.4. The van der Waals surface area contributed by atoms with Gasteiger partial charge in [0.1, 0.15) is 0 Å². The van der Waals surface area contributed by atoms with Crippen molar-refractivity contribution in [2.75, 3.05) is 0 Å². The number of rotatable bonds is 33. The summed E-state index contributed by atoms with van der Waals surface area (Å²) >= 11 is 0. The Balaban J connectivity index is 4.15. The first-order valence-electron chi connectivity index (χ1n) is 18.7. The van der Waals surface area contributed by atoms with Gasteiger partial charge in [-0.1, -0.05) is 195 Å². The quantitative estimate of drug-likeness (QED) is 0.0639. The summed E-state index contributed by atoms with van der Waals surface area (Å²) in [7, 11) is 0. The third-order valence-corrected chi connectivity index (χ3v) is 9.43. The van der Waals surface area contributed by atoms with Crippen molar-refractivity contribution in [2.24, 2.45) is 11.8 Å². The van der Waals surface area contributed by atoms with Gasteiger partial charge < -0.3 is 10.7 Å². The summed E-state index contributed by atoms with van der Waals surface area (Å²) in [6.45, 7) is 9.27. The Bertz CT molecular complexity index is 401. The van der Waals surface area contributed by atoms with Gasteiger partial charge in [-0.15, -0.1) is 0 Å². The van der Waals surface area contributed by atoms with Gasteiger partial charge in [0.05, 0.1) is 6.04 Å². The zero-order chi connectivity index (χ0) is 28.7. The van der Waals surface area contributed by atoms with E-state index in [2.05, 4.69) is 27.7 Å². The summed E-state index contributed by atoms with van der Waals surface area (Å²) in [5.41, 5.74) is 1.30. The molecule has 0 aromatic heterocycles. The lowest BCUT2D eigenvalue weighted by atomic mass is 9.88. The third-order valence-electron chi connectivity index (χ3n) is 9.43. The molecular formula is C37H77NO. The lowest BCUT2D eigenvalue weighted by Gasteiger charge is -2.22. The number of hydrogen-bond acceptors (Lipinski definition) is 1. The molecule has 2 unspecified atom stereocenters. The molecule has 0 bridgehead atoms. The zero-order valence-corrected chi connectivity index (χ0v) is 27.9. The molecule has 0 spiro atoms. The van der Waals surface area contributed by atoms with Crippen LogP contribution in [0.2, 0.25) is 0 Å². The van der Waals surface area contributed by atoms with E-state index in [0.717, 1.165) is 24.7 Å². The van der Waals surface area contributed by atoms with E-state index in [0.29, 0.717) is 6.04 Å². The standard InChI is InChI=1S/C37H77NO/c1-5-9-13-15-17-19-21-23-29-35(27-11-7-3)31-25-33-37(38-39)34-26-32-36(28-12-8-4)30-24-22-20-18-16-14-10-6-2/h35-37H,5-34,38H2,1-4H3. The Hall–Kier alpha value is -0.0800. The molecule has 0 aromatic rings. The molecule has 0 radical (unpaired) electrons. The van der Waals surface area contributed by atoms with Gasteiger partial charge in [0.15, 0.2) is 0 Å². The first-order valence-corrected chi connectivity index (χ1v) is 18.7. The molecule has 2 N–H and O–H groups in total. The molecule has 0 saturated carbocycles. The molecule has 0 fully saturated rings. The maximum Gasteiger partial charge on any atom is 0.0856 e. The van der Waals surface area contributed by atoms with Crippen molar-refractivity contribution < 1.29 is 5.48 Å². The topological polar surface area (TPSA) is 39.7 Å². The predicted molar refractivity (Wildman–Crippen MR) is 177 cm³/mol. The van der Waals surface area contributed by atoms with E-state index in [1.165, 1.54) is 185 Å². The maximum atomic E-state index is 11.9. The largest absolute Gasteiger partial charge is 0.636 e. The van der Waals surface area contributed by atoms with Crippen molar-refractivity contribution in [1.82, 2.24) is 0 Å². The maximum absolute atomic E-state index is 11.9. The van der Waals surface area contributed by atoms with E-state index >= 15 is 0 Å². The van der Waals surface area contributed by atoms with Crippen LogP contribution in [0.5, 0.6) is 0 Å². The Labute approximate surface area is 248 Å². The van der Waals surface area contributed by atoms with Gasteiger partial charge in [-0.05, 0) is 37.5 Å². The van der Waals surface area contributed by atoms with E-state index in [1.807, 2.05) is 0 Å². The van der Waals surface area contributed by atoms with Crippen molar-refractivity contribution in [3.8, 4) is 0 Å². The van der Waals surface area contributed by atoms with Crippen molar-refractivity contribution in [3.63, 3.8) is 0 Å². The molecule has 0 aliphatic carbocycles. The Morgan fingerprint density at radius 3 is 0.949 bits per heavy atom. The first-order chi connectivity index (χ1) is 19.2. The van der Waals surface area contributed by atoms with E-state index in [4.69, 9.17) is 0 Å². The van der Waals surface area contributed by atoms with Crippen LogP contribution in [0.15, 0.2) is 0 Å². The SMILES string of the molecule is CCCCCCCCCCC(CCCC)CCCC(CCCC(CCCC)CCCCCCCCCC)[NH2+][O-]. The predicted octanol–water partition coefficient (Wildman–Crippen LogP) is 12.4. The third kappa shape index (κ3) is 27.8. The van der Waals surface area contributed by atoms with Crippen LogP contribution in [0.1, 0.15) is 220 Å². The minimum Gasteiger partial charge on any atom is -0.636 e. The number of nitrogens with two attached hydrogens (primary N) is 1. The van der Waals surface area contributed by atoms with Gasteiger partial charge in [-0.25, -0.2) is 0 Å². The fraction of sp³-hybridized carbons (Fsp3) is 1.00. The lowest BCUT2D eigenvalue weighted by Crippen LogP contribution is -2.84. The smallest absolute Gasteiger partial charge is 0.0856 e. The monoisotopic (exact) mass is 552 g/mol. The average molecular weight is 552 g/mol. The molecule has 2 atom stereocenters. The molecule has 2 nitrogen and oxygen atoms in total. The van der Waals surface area contributed by atoms with Crippen LogP contribution in [0, 0.1) is 17.0 Å². The van der Waals surface area contributed by atoms with Crippen LogP contribution in [-0.4, -0.2) is 6.04 Å². The van der Waals surface area contributed by atoms with E-state index in [9.17, 15) is 5.21 Å². The van der Waals surface area contributed by atoms with Gasteiger partial charge in [0.2, 0.25) is 0 Å². The fourth-order valence-corrected chi connectivity index (χ4v) is 6.60. The molecule has 0 saturated heterocycles. The van der Waals surface area contributed by atoms with Crippen molar-refractivity contribution in [3.05, 3.63) is 5.21 Å². The van der Waals surface area contributed by atoms with Crippen LogP contribution >= 0.6 is 0 Å². The molecule has 0 amide bonds. The molecule has 0 aromatic carbocycles. The molecule has 2 heteroatoms. The molecule has 0 aliphatic heterocycles. The van der Waals surface area contributed by atoms with Crippen molar-refractivity contribution in [1.29, 1.82) is 0 Å². The summed E-state index contributed by atoms with van der Waals surface area (Å²) in [5.74, 6) is 1.81. The van der Waals surface area contributed by atoms with Gasteiger partial charge >= 0.3 is 0 Å². The highest BCUT2D eigenvalue weighted by Crippen LogP contribution is 2.26. The van der Waals surface area contributed by atoms with Gasteiger partial charge in [0.25, 0.3) is 0 Å². The van der Waals surface area contributed by atoms with E-state index in [1.54, 1.807) is 0 Å². The second-order valence-electron chi connectivity index (χ2n) is 13.3. The summed E-state index contributed by atoms with van der Waals surface area (Å²) in [6.07, 6.45) is 41.4. The summed E-state index contributed by atoms with van der Waals surface area (Å²) in [5, 5.41) is 11.9. The van der Waals surface area contributed by atoms with Crippen molar-refractivity contribution >= 4 is 0 Å². The highest BCUT2D eigenvalue weighted by molar-refractivity contribution is 4.66. The molecule has 0 rings (SSSR count). The van der Waals surface area contributed by atoms with Crippen LogP contribution in [0.3, 0.4) is 0 Å². The minimum absolute atomic E-state index is 0.315. The molecule has 236 valence electrons. The number of hydrogen-bond donors (Lipinski definition) is 1. The average Bonchev–Trinajstić information content (AvgIpc) is 2.95. The Morgan fingerprint density at radius 2 is 0.615 bits per heavy atom. The van der Waals surface area contributed by atoms with E-state index < -0.39 is 0 Å². The van der Waals surface area contributed by atoms with E-state index in [-0.39, 0.29) is 0 Å². The highest BCUT2D eigenvalue weighted by atomic mass is 16.5. The number of unbranched alkanes of at least 4 members (excludes halogenated alkanes) is 16. The van der Waals surface area contributed by atoms with Crippen LogP contribution in [0.25, 0.3) is 0 Å². The first kappa shape index (κ1) is 38.9. The van der Waals surface area contributed by atoms with Gasteiger partial charge in [-0.3, -0.25) is 0 Å². The summed E-state index contributed by atoms with van der Waals surface area (Å²) in [4.78, 5) is 0. The second kappa shape index (κ2) is 32.4. The van der Waals surface area contributed by atoms with Crippen LogP contribution < -0.4 is 5.48 Å². The highest BCUT2D eigenvalue weighted by Gasteiger charge is 2.14. The molecule has 0 aliphatic rings. The number of hydroxylamine groups is 1. The zero-order valence-electron chi connectivity index (χ0n) is 27.9. The molecular weight excluding hydrogens is 474 g/mol. The van der Waals surface area contributed by atoms with Gasteiger partial charge in [-0.2, -0.15) is 0 Å². The Morgan fingerprint density at radius 1 is 0.333 bits per heavy atom. The second-order valence-corrected chi connectivity index (χ2v) is 13.3. The minimum atomic E-state index is 0.315. The number of quaternary nitrogens is 1. The molecule has 0 heterocycles.